The molecule has 1 heterocycles. The second-order valence-corrected chi connectivity index (χ2v) is 3.11. The van der Waals surface area contributed by atoms with E-state index >= 15 is 0 Å². The molecule has 90 valence electrons. The Bertz CT molecular complexity index is 450. The van der Waals surface area contributed by atoms with Crippen LogP contribution in [0.15, 0.2) is 18.2 Å². The first kappa shape index (κ1) is 11.2. The summed E-state index contributed by atoms with van der Waals surface area (Å²) in [7, 11) is 3.13. The number of tetrazole rings is 1. The SMILES string of the molecule is COc1cccc(OC)c1OCc1nn[nH]n1. The lowest BCUT2D eigenvalue weighted by molar-refractivity contribution is 0.259. The summed E-state index contributed by atoms with van der Waals surface area (Å²) in [6.07, 6.45) is 0. The molecule has 1 aromatic carbocycles. The zero-order valence-electron chi connectivity index (χ0n) is 9.51. The molecule has 0 saturated carbocycles. The average molecular weight is 236 g/mol. The van der Waals surface area contributed by atoms with Crippen molar-refractivity contribution in [2.75, 3.05) is 14.2 Å². The van der Waals surface area contributed by atoms with E-state index in [1.54, 1.807) is 26.4 Å². The molecule has 2 aromatic rings. The quantitative estimate of drug-likeness (QED) is 0.826. The van der Waals surface area contributed by atoms with Crippen LogP contribution < -0.4 is 14.2 Å². The summed E-state index contributed by atoms with van der Waals surface area (Å²) in [5, 5.41) is 13.4. The molecular formula is C10H12N4O3. The average Bonchev–Trinajstić information content (AvgIpc) is 2.88. The van der Waals surface area contributed by atoms with E-state index in [1.165, 1.54) is 0 Å². The number of nitrogens with one attached hydrogen (secondary N) is 1. The second-order valence-electron chi connectivity index (χ2n) is 3.11. The molecule has 0 atom stereocenters. The van der Waals surface area contributed by atoms with Crippen molar-refractivity contribution in [2.45, 2.75) is 6.61 Å². The number of hydrogen-bond donors (Lipinski definition) is 1. The number of ether oxygens (including phenoxy) is 3. The number of aromatic amines is 1. The Morgan fingerprint density at radius 1 is 1.18 bits per heavy atom. The molecule has 0 unspecified atom stereocenters. The maximum Gasteiger partial charge on any atom is 0.211 e. The van der Waals surface area contributed by atoms with Crippen LogP contribution in [0.1, 0.15) is 5.82 Å². The van der Waals surface area contributed by atoms with E-state index in [9.17, 15) is 0 Å². The molecule has 0 aliphatic heterocycles. The van der Waals surface area contributed by atoms with Gasteiger partial charge in [-0.2, -0.15) is 5.21 Å². The van der Waals surface area contributed by atoms with Gasteiger partial charge in [-0.05, 0) is 12.1 Å². The number of benzene rings is 1. The zero-order valence-corrected chi connectivity index (χ0v) is 9.51. The molecule has 0 radical (unpaired) electrons. The van der Waals surface area contributed by atoms with Gasteiger partial charge in [-0.15, -0.1) is 10.2 Å². The number of para-hydroxylation sites is 1. The molecule has 17 heavy (non-hydrogen) atoms. The molecule has 7 nitrogen and oxygen atoms in total. The lowest BCUT2D eigenvalue weighted by atomic mass is 10.3. The van der Waals surface area contributed by atoms with E-state index in [4.69, 9.17) is 14.2 Å². The van der Waals surface area contributed by atoms with Gasteiger partial charge in [0.05, 0.1) is 14.2 Å². The lowest BCUT2D eigenvalue weighted by Gasteiger charge is -2.12. The third kappa shape index (κ3) is 2.44. The molecule has 0 spiro atoms. The van der Waals surface area contributed by atoms with Gasteiger partial charge >= 0.3 is 0 Å². The lowest BCUT2D eigenvalue weighted by Crippen LogP contribution is -2.01. The Morgan fingerprint density at radius 2 is 1.88 bits per heavy atom. The molecule has 0 bridgehead atoms. The fourth-order valence-electron chi connectivity index (χ4n) is 1.34. The Kier molecular flexibility index (Phi) is 3.39. The number of methoxy groups -OCH3 is 2. The fraction of sp³-hybridized carbons (Fsp3) is 0.300. The van der Waals surface area contributed by atoms with E-state index in [-0.39, 0.29) is 6.61 Å². The minimum atomic E-state index is 0.188. The van der Waals surface area contributed by atoms with Crippen LogP contribution in [-0.4, -0.2) is 34.8 Å². The van der Waals surface area contributed by atoms with Gasteiger partial charge in [-0.1, -0.05) is 11.3 Å². The van der Waals surface area contributed by atoms with E-state index in [1.807, 2.05) is 6.07 Å². The van der Waals surface area contributed by atoms with Crippen LogP contribution in [0.2, 0.25) is 0 Å². The predicted molar refractivity (Wildman–Crippen MR) is 58.1 cm³/mol. The molecule has 0 aliphatic carbocycles. The molecular weight excluding hydrogens is 224 g/mol. The first-order valence-corrected chi connectivity index (χ1v) is 4.91. The second kappa shape index (κ2) is 5.15. The maximum absolute atomic E-state index is 5.56. The highest BCUT2D eigenvalue weighted by atomic mass is 16.5. The van der Waals surface area contributed by atoms with Gasteiger partial charge in [-0.25, -0.2) is 0 Å². The van der Waals surface area contributed by atoms with Crippen LogP contribution in [0.25, 0.3) is 0 Å². The van der Waals surface area contributed by atoms with Crippen LogP contribution in [0.5, 0.6) is 17.2 Å². The number of rotatable bonds is 5. The molecule has 1 N–H and O–H groups in total. The van der Waals surface area contributed by atoms with Gasteiger partial charge in [0.15, 0.2) is 18.1 Å². The van der Waals surface area contributed by atoms with Crippen LogP contribution in [0.4, 0.5) is 0 Å². The Labute approximate surface area is 97.7 Å². The van der Waals surface area contributed by atoms with Gasteiger partial charge in [-0.3, -0.25) is 0 Å². The van der Waals surface area contributed by atoms with Gasteiger partial charge in [0.25, 0.3) is 0 Å². The minimum absolute atomic E-state index is 0.188. The highest BCUT2D eigenvalue weighted by Crippen LogP contribution is 2.36. The van der Waals surface area contributed by atoms with Crippen molar-refractivity contribution < 1.29 is 14.2 Å². The van der Waals surface area contributed by atoms with Gasteiger partial charge in [0.1, 0.15) is 0 Å². The van der Waals surface area contributed by atoms with Crippen LogP contribution >= 0.6 is 0 Å². The molecule has 0 amide bonds. The standard InChI is InChI=1S/C10H12N4O3/c1-15-7-4-3-5-8(16-2)10(7)17-6-9-11-13-14-12-9/h3-5H,6H2,1-2H3,(H,11,12,13,14). The summed E-state index contributed by atoms with van der Waals surface area (Å²) in [4.78, 5) is 0. The number of H-pyrrole nitrogens is 1. The molecule has 0 fully saturated rings. The summed E-state index contributed by atoms with van der Waals surface area (Å²) in [6, 6.07) is 5.39. The number of hydrogen-bond acceptors (Lipinski definition) is 6. The summed E-state index contributed by atoms with van der Waals surface area (Å²) < 4.78 is 15.9. The molecule has 2 rings (SSSR count). The smallest absolute Gasteiger partial charge is 0.211 e. The van der Waals surface area contributed by atoms with E-state index in [2.05, 4.69) is 20.6 Å². The highest BCUT2D eigenvalue weighted by molar-refractivity contribution is 5.51. The van der Waals surface area contributed by atoms with E-state index < -0.39 is 0 Å². The normalized spacial score (nSPS) is 10.0. The molecule has 0 saturated heterocycles. The van der Waals surface area contributed by atoms with Crippen molar-refractivity contribution in [2.24, 2.45) is 0 Å². The summed E-state index contributed by atoms with van der Waals surface area (Å²) in [5.74, 6) is 2.15. The van der Waals surface area contributed by atoms with Crippen molar-refractivity contribution in [3.05, 3.63) is 24.0 Å². The largest absolute Gasteiger partial charge is 0.493 e. The van der Waals surface area contributed by atoms with Gasteiger partial charge < -0.3 is 14.2 Å². The molecule has 0 aliphatic rings. The van der Waals surface area contributed by atoms with E-state index in [0.717, 1.165) is 0 Å². The number of nitrogens with zero attached hydrogens (tertiary/aromatic N) is 3. The maximum atomic E-state index is 5.56. The van der Waals surface area contributed by atoms with Gasteiger partial charge in [0.2, 0.25) is 11.6 Å². The Hall–Kier alpha value is -2.31. The first-order valence-electron chi connectivity index (χ1n) is 4.91. The van der Waals surface area contributed by atoms with Crippen molar-refractivity contribution >= 4 is 0 Å². The predicted octanol–water partition coefficient (Wildman–Crippen LogP) is 0.796. The van der Waals surface area contributed by atoms with Crippen LogP contribution in [0, 0.1) is 0 Å². The van der Waals surface area contributed by atoms with E-state index in [0.29, 0.717) is 23.1 Å². The topological polar surface area (TPSA) is 82.1 Å². The zero-order chi connectivity index (χ0) is 12.1. The van der Waals surface area contributed by atoms with Crippen molar-refractivity contribution in [1.82, 2.24) is 20.6 Å². The Morgan fingerprint density at radius 3 is 2.41 bits per heavy atom. The number of aromatic nitrogens is 4. The van der Waals surface area contributed by atoms with Crippen molar-refractivity contribution in [3.63, 3.8) is 0 Å². The summed E-state index contributed by atoms with van der Waals surface area (Å²) >= 11 is 0. The Balaban J connectivity index is 2.18. The third-order valence-electron chi connectivity index (χ3n) is 2.12. The highest BCUT2D eigenvalue weighted by Gasteiger charge is 2.12. The van der Waals surface area contributed by atoms with Crippen LogP contribution in [-0.2, 0) is 6.61 Å². The monoisotopic (exact) mass is 236 g/mol. The fourth-order valence-corrected chi connectivity index (χ4v) is 1.34. The van der Waals surface area contributed by atoms with Crippen molar-refractivity contribution in [3.8, 4) is 17.2 Å². The summed E-state index contributed by atoms with van der Waals surface area (Å²) in [6.45, 7) is 0.188. The van der Waals surface area contributed by atoms with Crippen LogP contribution in [0.3, 0.4) is 0 Å². The third-order valence-corrected chi connectivity index (χ3v) is 2.12. The molecule has 7 heteroatoms. The summed E-state index contributed by atoms with van der Waals surface area (Å²) in [5.41, 5.74) is 0. The first-order chi connectivity index (χ1) is 8.35. The van der Waals surface area contributed by atoms with Gasteiger partial charge in [0, 0.05) is 0 Å². The minimum Gasteiger partial charge on any atom is -0.493 e. The molecule has 1 aromatic heterocycles. The van der Waals surface area contributed by atoms with Crippen molar-refractivity contribution in [1.29, 1.82) is 0 Å².